The van der Waals surface area contributed by atoms with Crippen molar-refractivity contribution < 1.29 is 14.9 Å². The minimum Gasteiger partial charge on any atom is -0.493 e. The van der Waals surface area contributed by atoms with E-state index in [9.17, 15) is 5.11 Å². The number of aliphatic hydroxyl groups excluding tert-OH is 2. The first-order valence-corrected chi connectivity index (χ1v) is 7.80. The molecule has 7 nitrogen and oxygen atoms in total. The number of nitrogen functional groups attached to an aromatic ring is 1. The number of ether oxygens (including phenoxy) is 1. The highest BCUT2D eigenvalue weighted by molar-refractivity contribution is 5.79. The van der Waals surface area contributed by atoms with E-state index in [0.29, 0.717) is 25.5 Å². The zero-order chi connectivity index (χ0) is 16.8. The minimum atomic E-state index is 0.0728. The van der Waals surface area contributed by atoms with Crippen LogP contribution in [0.5, 0.6) is 5.75 Å². The normalized spacial score (nSPS) is 12.9. The number of hydrogen-bond acceptors (Lipinski definition) is 6. The second-order valence-corrected chi connectivity index (χ2v) is 5.97. The van der Waals surface area contributed by atoms with Crippen molar-refractivity contribution in [1.82, 2.24) is 14.5 Å². The second-order valence-electron chi connectivity index (χ2n) is 5.97. The summed E-state index contributed by atoms with van der Waals surface area (Å²) in [5, 5.41) is 18.4. The second kappa shape index (κ2) is 8.14. The van der Waals surface area contributed by atoms with Crippen molar-refractivity contribution in [3.8, 4) is 5.75 Å². The van der Waals surface area contributed by atoms with Crippen LogP contribution in [-0.4, -0.2) is 65.1 Å². The molecule has 2 aromatic rings. The molecule has 7 heteroatoms. The summed E-state index contributed by atoms with van der Waals surface area (Å²) in [6.07, 6.45) is 0.592. The molecular formula is C16H26N4O3. The number of anilines is 1. The molecule has 0 radical (unpaired) electrons. The summed E-state index contributed by atoms with van der Waals surface area (Å²) < 4.78 is 7.53. The Morgan fingerprint density at radius 1 is 1.35 bits per heavy atom. The predicted molar refractivity (Wildman–Crippen MR) is 90.5 cm³/mol. The van der Waals surface area contributed by atoms with Crippen LogP contribution < -0.4 is 10.5 Å². The third-order valence-electron chi connectivity index (χ3n) is 3.64. The number of aromatic nitrogens is 2. The van der Waals surface area contributed by atoms with Crippen LogP contribution in [0.4, 0.5) is 5.95 Å². The first kappa shape index (κ1) is 17.5. The average molecular weight is 322 g/mol. The van der Waals surface area contributed by atoms with Gasteiger partial charge in [-0.3, -0.25) is 0 Å². The maximum absolute atomic E-state index is 9.58. The van der Waals surface area contributed by atoms with Crippen molar-refractivity contribution >= 4 is 17.0 Å². The number of benzene rings is 1. The molecule has 0 aliphatic heterocycles. The highest BCUT2D eigenvalue weighted by atomic mass is 16.5. The SMILES string of the molecule is CN(C)CC(CO)Cn1c(N)nc2ccc(OCCCO)cc21. The lowest BCUT2D eigenvalue weighted by Crippen LogP contribution is -2.28. The van der Waals surface area contributed by atoms with E-state index in [1.165, 1.54) is 0 Å². The summed E-state index contributed by atoms with van der Waals surface area (Å²) in [4.78, 5) is 6.41. The smallest absolute Gasteiger partial charge is 0.201 e. The van der Waals surface area contributed by atoms with Gasteiger partial charge in [-0.25, -0.2) is 4.98 Å². The lowest BCUT2D eigenvalue weighted by atomic mass is 10.1. The van der Waals surface area contributed by atoms with Gasteiger partial charge in [0.2, 0.25) is 5.95 Å². The van der Waals surface area contributed by atoms with Crippen molar-refractivity contribution in [2.24, 2.45) is 5.92 Å². The Morgan fingerprint density at radius 3 is 2.78 bits per heavy atom. The highest BCUT2D eigenvalue weighted by Gasteiger charge is 2.15. The zero-order valence-corrected chi connectivity index (χ0v) is 13.8. The number of fused-ring (bicyclic) bond motifs is 1. The van der Waals surface area contributed by atoms with Crippen molar-refractivity contribution in [2.75, 3.05) is 46.2 Å². The fourth-order valence-corrected chi connectivity index (χ4v) is 2.61. The molecule has 1 heterocycles. The molecule has 4 N–H and O–H groups in total. The lowest BCUT2D eigenvalue weighted by molar-refractivity contribution is 0.179. The van der Waals surface area contributed by atoms with Gasteiger partial charge in [-0.2, -0.15) is 0 Å². The van der Waals surface area contributed by atoms with E-state index in [2.05, 4.69) is 4.98 Å². The number of aliphatic hydroxyl groups is 2. The van der Waals surface area contributed by atoms with Gasteiger partial charge in [0.05, 0.1) is 17.6 Å². The average Bonchev–Trinajstić information content (AvgIpc) is 2.82. The van der Waals surface area contributed by atoms with Gasteiger partial charge in [0, 0.05) is 44.7 Å². The van der Waals surface area contributed by atoms with Crippen LogP contribution in [0.15, 0.2) is 18.2 Å². The van der Waals surface area contributed by atoms with Crippen molar-refractivity contribution in [2.45, 2.75) is 13.0 Å². The molecular weight excluding hydrogens is 296 g/mol. The Bertz CT molecular complexity index is 627. The van der Waals surface area contributed by atoms with E-state index in [1.54, 1.807) is 0 Å². The Morgan fingerprint density at radius 2 is 2.13 bits per heavy atom. The van der Waals surface area contributed by atoms with E-state index in [4.69, 9.17) is 15.6 Å². The van der Waals surface area contributed by atoms with Gasteiger partial charge >= 0.3 is 0 Å². The molecule has 1 aromatic carbocycles. The highest BCUT2D eigenvalue weighted by Crippen LogP contribution is 2.24. The van der Waals surface area contributed by atoms with E-state index < -0.39 is 0 Å². The molecule has 0 fully saturated rings. The van der Waals surface area contributed by atoms with Crippen LogP contribution in [0.1, 0.15) is 6.42 Å². The quantitative estimate of drug-likeness (QED) is 0.583. The third-order valence-corrected chi connectivity index (χ3v) is 3.64. The molecule has 1 aromatic heterocycles. The molecule has 0 amide bonds. The maximum atomic E-state index is 9.58. The molecule has 1 atom stereocenters. The summed E-state index contributed by atoms with van der Waals surface area (Å²) >= 11 is 0. The lowest BCUT2D eigenvalue weighted by Gasteiger charge is -2.20. The number of hydrogen-bond donors (Lipinski definition) is 3. The Labute approximate surface area is 136 Å². The van der Waals surface area contributed by atoms with Gasteiger partial charge in [0.15, 0.2) is 0 Å². The summed E-state index contributed by atoms with van der Waals surface area (Å²) in [5.41, 5.74) is 7.74. The molecule has 0 saturated heterocycles. The number of nitrogens with zero attached hydrogens (tertiary/aromatic N) is 3. The van der Waals surface area contributed by atoms with E-state index in [0.717, 1.165) is 23.3 Å². The standard InChI is InChI=1S/C16H26N4O3/c1-19(2)9-12(11-22)10-20-15-8-13(23-7-3-6-21)4-5-14(15)18-16(20)17/h4-5,8,12,21-22H,3,6-7,9-11H2,1-2H3,(H2,17,18). The van der Waals surface area contributed by atoms with Crippen molar-refractivity contribution in [1.29, 1.82) is 0 Å². The van der Waals surface area contributed by atoms with Crippen LogP contribution in [0.25, 0.3) is 11.0 Å². The van der Waals surface area contributed by atoms with E-state index in [1.807, 2.05) is 41.8 Å². The minimum absolute atomic E-state index is 0.0728. The van der Waals surface area contributed by atoms with Crippen LogP contribution >= 0.6 is 0 Å². The van der Waals surface area contributed by atoms with Crippen molar-refractivity contribution in [3.63, 3.8) is 0 Å². The molecule has 128 valence electrons. The Balaban J connectivity index is 2.23. The maximum Gasteiger partial charge on any atom is 0.201 e. The Kier molecular flexibility index (Phi) is 6.20. The molecule has 23 heavy (non-hydrogen) atoms. The van der Waals surface area contributed by atoms with Crippen molar-refractivity contribution in [3.05, 3.63) is 18.2 Å². The summed E-state index contributed by atoms with van der Waals surface area (Å²) in [6.45, 7) is 2.02. The molecule has 0 aliphatic rings. The van der Waals surface area contributed by atoms with Crippen LogP contribution in [0, 0.1) is 5.92 Å². The predicted octanol–water partition coefficient (Wildman–Crippen LogP) is 0.550. The van der Waals surface area contributed by atoms with Gasteiger partial charge in [-0.15, -0.1) is 0 Å². The van der Waals surface area contributed by atoms with E-state index >= 15 is 0 Å². The molecule has 0 saturated carbocycles. The number of rotatable bonds is 9. The molecule has 0 aliphatic carbocycles. The van der Waals surface area contributed by atoms with Gasteiger partial charge < -0.3 is 30.2 Å². The fourth-order valence-electron chi connectivity index (χ4n) is 2.61. The van der Waals surface area contributed by atoms with Crippen LogP contribution in [-0.2, 0) is 6.54 Å². The number of nitrogens with two attached hydrogens (primary N) is 1. The first-order chi connectivity index (χ1) is 11.0. The van der Waals surface area contributed by atoms with Gasteiger partial charge in [-0.1, -0.05) is 0 Å². The monoisotopic (exact) mass is 322 g/mol. The summed E-state index contributed by atoms with van der Waals surface area (Å²) in [6, 6.07) is 5.62. The molecule has 0 bridgehead atoms. The topological polar surface area (TPSA) is 96.8 Å². The largest absolute Gasteiger partial charge is 0.493 e. The van der Waals surface area contributed by atoms with Gasteiger partial charge in [-0.05, 0) is 26.2 Å². The molecule has 2 rings (SSSR count). The summed E-state index contributed by atoms with van der Waals surface area (Å²) in [7, 11) is 3.95. The van der Waals surface area contributed by atoms with Gasteiger partial charge in [0.1, 0.15) is 5.75 Å². The van der Waals surface area contributed by atoms with E-state index in [-0.39, 0.29) is 19.1 Å². The summed E-state index contributed by atoms with van der Waals surface area (Å²) in [5.74, 6) is 1.23. The fraction of sp³-hybridized carbons (Fsp3) is 0.562. The number of imidazole rings is 1. The molecule has 0 spiro atoms. The van der Waals surface area contributed by atoms with Gasteiger partial charge in [0.25, 0.3) is 0 Å². The van der Waals surface area contributed by atoms with Crippen LogP contribution in [0.2, 0.25) is 0 Å². The Hall–Kier alpha value is -1.83. The first-order valence-electron chi connectivity index (χ1n) is 7.80. The van der Waals surface area contributed by atoms with Crippen LogP contribution in [0.3, 0.4) is 0 Å². The third kappa shape index (κ3) is 4.57. The zero-order valence-electron chi connectivity index (χ0n) is 13.8. The molecule has 1 unspecified atom stereocenters.